The molecule has 0 aliphatic rings. The summed E-state index contributed by atoms with van der Waals surface area (Å²) in [5.41, 5.74) is 4.92. The van der Waals surface area contributed by atoms with Gasteiger partial charge in [-0.3, -0.25) is 0 Å². The maximum absolute atomic E-state index is 3.35. The number of hydrogen-bond acceptors (Lipinski definition) is 2. The Morgan fingerprint density at radius 3 is 1.89 bits per heavy atom. The summed E-state index contributed by atoms with van der Waals surface area (Å²) in [6.45, 7) is 4.39. The molecule has 2 heterocycles. The van der Waals surface area contributed by atoms with E-state index in [2.05, 4.69) is 86.4 Å². The van der Waals surface area contributed by atoms with Crippen LogP contribution in [-0.2, 0) is 6.42 Å². The fraction of sp³-hybridized carbons (Fsp3) is 0.333. The second-order valence-electron chi connectivity index (χ2n) is 9.74. The summed E-state index contributed by atoms with van der Waals surface area (Å²) in [6.07, 6.45) is 12.3. The summed E-state index contributed by atoms with van der Waals surface area (Å²) in [7, 11) is 0. The molecule has 0 fully saturated rings. The Bertz CT molecular complexity index is 1490. The van der Waals surface area contributed by atoms with Crippen LogP contribution >= 0.6 is 22.7 Å². The normalized spacial score (nSPS) is 11.4. The third kappa shape index (κ3) is 5.80. The fourth-order valence-corrected chi connectivity index (χ4v) is 7.53. The van der Waals surface area contributed by atoms with Gasteiger partial charge < -0.3 is 0 Å². The van der Waals surface area contributed by atoms with Crippen molar-refractivity contribution in [3.05, 3.63) is 82.9 Å². The van der Waals surface area contributed by atoms with Gasteiger partial charge in [0.05, 0.1) is 9.40 Å². The Labute approximate surface area is 218 Å². The van der Waals surface area contributed by atoms with E-state index in [0.29, 0.717) is 0 Å². The lowest BCUT2D eigenvalue weighted by Gasteiger charge is -2.03. The van der Waals surface area contributed by atoms with Crippen LogP contribution in [0.5, 0.6) is 0 Å². The highest BCUT2D eigenvalue weighted by molar-refractivity contribution is 7.36. The van der Waals surface area contributed by atoms with Crippen LogP contribution in [0.3, 0.4) is 0 Å². The van der Waals surface area contributed by atoms with Gasteiger partial charge in [-0.05, 0) is 55.7 Å². The third-order valence-electron chi connectivity index (χ3n) is 6.87. The highest BCUT2D eigenvalue weighted by Crippen LogP contribution is 2.44. The molecule has 0 radical (unpaired) electrons. The first-order valence-electron chi connectivity index (χ1n) is 13.2. The molecular weight excluding hydrogens is 460 g/mol. The summed E-state index contributed by atoms with van der Waals surface area (Å²) in [4.78, 5) is 0. The fourth-order valence-electron chi connectivity index (χ4n) is 4.78. The molecule has 35 heavy (non-hydrogen) atoms. The Morgan fingerprint density at radius 2 is 1.17 bits per heavy atom. The van der Waals surface area contributed by atoms with Crippen LogP contribution in [0.25, 0.3) is 29.6 Å². The molecule has 0 atom stereocenters. The van der Waals surface area contributed by atoms with Gasteiger partial charge in [0.15, 0.2) is 0 Å². The first-order chi connectivity index (χ1) is 17.2. The van der Waals surface area contributed by atoms with Gasteiger partial charge in [0.25, 0.3) is 0 Å². The number of unbranched alkanes of at least 4 members (excludes halogenated alkanes) is 7. The lowest BCUT2D eigenvalue weighted by atomic mass is 10.0. The van der Waals surface area contributed by atoms with Crippen molar-refractivity contribution in [2.75, 3.05) is 0 Å². The van der Waals surface area contributed by atoms with Crippen molar-refractivity contribution < 1.29 is 0 Å². The van der Waals surface area contributed by atoms with Gasteiger partial charge in [0.1, 0.15) is 0 Å². The summed E-state index contributed by atoms with van der Waals surface area (Å²) in [5.74, 6) is 6.66. The van der Waals surface area contributed by atoms with E-state index in [-0.39, 0.29) is 0 Å². The van der Waals surface area contributed by atoms with Gasteiger partial charge in [0, 0.05) is 31.3 Å². The molecule has 0 saturated carbocycles. The quantitative estimate of drug-likeness (QED) is 0.141. The van der Waals surface area contributed by atoms with Crippen molar-refractivity contribution in [2.45, 2.75) is 71.6 Å². The number of aryl methyl sites for hydroxylation is 2. The number of hydrogen-bond donors (Lipinski definition) is 0. The first-order valence-corrected chi connectivity index (χ1v) is 14.8. The zero-order valence-corrected chi connectivity index (χ0v) is 22.6. The Balaban J connectivity index is 1.28. The Kier molecular flexibility index (Phi) is 7.87. The van der Waals surface area contributed by atoms with Crippen LogP contribution in [0.2, 0.25) is 0 Å². The van der Waals surface area contributed by atoms with Gasteiger partial charge in [-0.25, -0.2) is 0 Å². The number of fused-ring (bicyclic) bond motifs is 5. The molecule has 5 aromatic rings. The van der Waals surface area contributed by atoms with Crippen LogP contribution in [0, 0.1) is 18.8 Å². The van der Waals surface area contributed by atoms with Crippen molar-refractivity contribution in [2.24, 2.45) is 0 Å². The molecule has 0 amide bonds. The van der Waals surface area contributed by atoms with E-state index < -0.39 is 0 Å². The van der Waals surface area contributed by atoms with Crippen molar-refractivity contribution in [3.63, 3.8) is 0 Å². The predicted molar refractivity (Wildman–Crippen MR) is 158 cm³/mol. The van der Waals surface area contributed by atoms with Crippen molar-refractivity contribution in [1.82, 2.24) is 0 Å². The van der Waals surface area contributed by atoms with E-state index in [9.17, 15) is 0 Å². The molecule has 2 heteroatoms. The molecule has 178 valence electrons. The van der Waals surface area contributed by atoms with Crippen LogP contribution < -0.4 is 0 Å². The van der Waals surface area contributed by atoms with Gasteiger partial charge in [-0.2, -0.15) is 0 Å². The molecule has 5 rings (SSSR count). The molecule has 0 unspecified atom stereocenters. The topological polar surface area (TPSA) is 0 Å². The SMILES string of the molecule is CCCCCCCCCCc1ccc2c(c1)sc1c3ccc(C#Cc4ccc(C)cc4)cc3sc21. The second kappa shape index (κ2) is 11.4. The molecule has 0 nitrogen and oxygen atoms in total. The number of rotatable bonds is 9. The largest absolute Gasteiger partial charge is 0.134 e. The molecule has 0 N–H and O–H groups in total. The number of thiophene rings is 2. The lowest BCUT2D eigenvalue weighted by molar-refractivity contribution is 0.575. The lowest BCUT2D eigenvalue weighted by Crippen LogP contribution is -1.86. The Hall–Kier alpha value is -2.60. The number of benzene rings is 3. The minimum absolute atomic E-state index is 1.07. The summed E-state index contributed by atoms with van der Waals surface area (Å²) in [6, 6.07) is 22.3. The van der Waals surface area contributed by atoms with Crippen molar-refractivity contribution in [1.29, 1.82) is 0 Å². The second-order valence-corrected chi connectivity index (χ2v) is 11.8. The first kappa shape index (κ1) is 24.1. The highest BCUT2D eigenvalue weighted by Gasteiger charge is 2.12. The van der Waals surface area contributed by atoms with E-state index in [1.54, 1.807) is 0 Å². The zero-order valence-electron chi connectivity index (χ0n) is 21.0. The monoisotopic (exact) mass is 494 g/mol. The van der Waals surface area contributed by atoms with E-state index in [4.69, 9.17) is 0 Å². The van der Waals surface area contributed by atoms with Crippen LogP contribution in [-0.4, -0.2) is 0 Å². The summed E-state index contributed by atoms with van der Waals surface area (Å²) >= 11 is 3.88. The molecule has 0 aliphatic carbocycles. The molecule has 2 aromatic heterocycles. The summed E-state index contributed by atoms with van der Waals surface area (Å²) < 4.78 is 5.64. The van der Waals surface area contributed by atoms with Crippen molar-refractivity contribution in [3.8, 4) is 11.8 Å². The third-order valence-corrected chi connectivity index (χ3v) is 9.37. The minimum Gasteiger partial charge on any atom is -0.134 e. The zero-order chi connectivity index (χ0) is 24.0. The minimum atomic E-state index is 1.07. The molecule has 0 saturated heterocycles. The van der Waals surface area contributed by atoms with E-state index >= 15 is 0 Å². The standard InChI is InChI=1S/C33H34S2/c1-3-4-5-6-7-8-9-10-11-26-18-20-28-30(22-26)34-33-29-21-19-27(23-31(29)35-32(28)33)17-16-25-14-12-24(2)13-15-25/h12-15,18-23H,3-11H2,1-2H3. The molecule has 0 aliphatic heterocycles. The van der Waals surface area contributed by atoms with Crippen LogP contribution in [0.1, 0.15) is 80.5 Å². The smallest absolute Gasteiger partial charge is 0.0542 e. The maximum atomic E-state index is 3.35. The van der Waals surface area contributed by atoms with Gasteiger partial charge in [-0.1, -0.05) is 99.6 Å². The van der Waals surface area contributed by atoms with E-state index in [0.717, 1.165) is 11.1 Å². The van der Waals surface area contributed by atoms with Gasteiger partial charge >= 0.3 is 0 Å². The van der Waals surface area contributed by atoms with Crippen molar-refractivity contribution >= 4 is 52.2 Å². The van der Waals surface area contributed by atoms with E-state index in [1.165, 1.54) is 98.5 Å². The maximum Gasteiger partial charge on any atom is 0.0542 e. The van der Waals surface area contributed by atoms with Gasteiger partial charge in [-0.15, -0.1) is 22.7 Å². The molecule has 0 spiro atoms. The average molecular weight is 495 g/mol. The summed E-state index contributed by atoms with van der Waals surface area (Å²) in [5, 5.41) is 2.79. The highest BCUT2D eigenvalue weighted by atomic mass is 32.1. The Morgan fingerprint density at radius 1 is 0.600 bits per heavy atom. The average Bonchev–Trinajstić information content (AvgIpc) is 3.40. The van der Waals surface area contributed by atoms with Gasteiger partial charge in [0.2, 0.25) is 0 Å². The van der Waals surface area contributed by atoms with Crippen LogP contribution in [0.4, 0.5) is 0 Å². The predicted octanol–water partition coefficient (Wildman–Crippen LogP) is 10.7. The molecule has 0 bridgehead atoms. The molecule has 3 aromatic carbocycles. The molecular formula is C33H34S2. The van der Waals surface area contributed by atoms with Crippen LogP contribution in [0.15, 0.2) is 60.7 Å². The van der Waals surface area contributed by atoms with E-state index in [1.807, 2.05) is 22.7 Å².